The average Bonchev–Trinajstić information content (AvgIpc) is 2.59. The first-order valence-corrected chi connectivity index (χ1v) is 7.84. The second kappa shape index (κ2) is 5.85. The van der Waals surface area contributed by atoms with Gasteiger partial charge in [0.1, 0.15) is 17.9 Å². The summed E-state index contributed by atoms with van der Waals surface area (Å²) in [5.41, 5.74) is 2.21. The van der Waals surface area contributed by atoms with Gasteiger partial charge in [0.2, 0.25) is 0 Å². The minimum atomic E-state index is -0.341. The molecule has 0 radical (unpaired) electrons. The molecule has 0 saturated heterocycles. The zero-order valence-corrected chi connectivity index (χ0v) is 13.3. The van der Waals surface area contributed by atoms with E-state index in [0.29, 0.717) is 17.9 Å². The minimum absolute atomic E-state index is 0.341. The van der Waals surface area contributed by atoms with Crippen molar-refractivity contribution in [1.29, 1.82) is 0 Å². The second-order valence-corrected chi connectivity index (χ2v) is 5.88. The third-order valence-electron chi connectivity index (χ3n) is 4.14. The monoisotopic (exact) mass is 316 g/mol. The summed E-state index contributed by atoms with van der Waals surface area (Å²) in [5.74, 6) is 0.685. The van der Waals surface area contributed by atoms with Crippen molar-refractivity contribution in [2.45, 2.75) is 13.5 Å². The van der Waals surface area contributed by atoms with Gasteiger partial charge in [0, 0.05) is 17.5 Å². The molecule has 4 aromatic rings. The van der Waals surface area contributed by atoms with Gasteiger partial charge in [-0.05, 0) is 47.0 Å². The molecule has 0 N–H and O–H groups in total. The van der Waals surface area contributed by atoms with Gasteiger partial charge in [-0.3, -0.25) is 0 Å². The van der Waals surface area contributed by atoms with Gasteiger partial charge in [0.25, 0.3) is 0 Å². The molecule has 0 aliphatic heterocycles. The van der Waals surface area contributed by atoms with Crippen molar-refractivity contribution < 1.29 is 9.15 Å². The van der Waals surface area contributed by atoms with Crippen molar-refractivity contribution in [3.63, 3.8) is 0 Å². The fourth-order valence-corrected chi connectivity index (χ4v) is 2.89. The van der Waals surface area contributed by atoms with Crippen LogP contribution < -0.4 is 10.4 Å². The molecule has 0 fully saturated rings. The van der Waals surface area contributed by atoms with E-state index in [4.69, 9.17) is 9.15 Å². The van der Waals surface area contributed by atoms with Crippen molar-refractivity contribution in [1.82, 2.24) is 0 Å². The van der Waals surface area contributed by atoms with Crippen molar-refractivity contribution in [2.75, 3.05) is 0 Å². The van der Waals surface area contributed by atoms with Crippen LogP contribution in [0.25, 0.3) is 21.7 Å². The Labute approximate surface area is 139 Å². The van der Waals surface area contributed by atoms with Crippen LogP contribution in [0.2, 0.25) is 0 Å². The van der Waals surface area contributed by atoms with Gasteiger partial charge in [0.15, 0.2) is 0 Å². The molecule has 0 bridgehead atoms. The van der Waals surface area contributed by atoms with E-state index < -0.39 is 0 Å². The number of fused-ring (bicyclic) bond motifs is 2. The van der Waals surface area contributed by atoms with Gasteiger partial charge in [0.05, 0.1) is 0 Å². The number of hydrogen-bond acceptors (Lipinski definition) is 3. The molecule has 118 valence electrons. The van der Waals surface area contributed by atoms with Crippen LogP contribution >= 0.6 is 0 Å². The van der Waals surface area contributed by atoms with Gasteiger partial charge < -0.3 is 9.15 Å². The van der Waals surface area contributed by atoms with E-state index in [1.165, 1.54) is 16.8 Å². The molecule has 0 saturated carbocycles. The van der Waals surface area contributed by atoms with Crippen molar-refractivity contribution >= 4 is 21.7 Å². The quantitative estimate of drug-likeness (QED) is 0.508. The fourth-order valence-electron chi connectivity index (χ4n) is 2.89. The van der Waals surface area contributed by atoms with Crippen LogP contribution in [0.3, 0.4) is 0 Å². The molecule has 3 nitrogen and oxygen atoms in total. The molecule has 24 heavy (non-hydrogen) atoms. The first-order valence-electron chi connectivity index (χ1n) is 7.84. The SMILES string of the molecule is Cc1cc(=O)oc2cc(OCc3ccc4ccccc4c3)ccc12. The topological polar surface area (TPSA) is 39.4 Å². The van der Waals surface area contributed by atoms with Crippen molar-refractivity contribution in [2.24, 2.45) is 0 Å². The Balaban J connectivity index is 1.60. The van der Waals surface area contributed by atoms with Crippen LogP contribution in [-0.2, 0) is 6.61 Å². The predicted molar refractivity (Wildman–Crippen MR) is 95.5 cm³/mol. The van der Waals surface area contributed by atoms with E-state index >= 15 is 0 Å². The highest BCUT2D eigenvalue weighted by atomic mass is 16.5. The molecule has 0 atom stereocenters. The lowest BCUT2D eigenvalue weighted by atomic mass is 10.1. The molecule has 1 aromatic heterocycles. The van der Waals surface area contributed by atoms with Crippen molar-refractivity contribution in [3.8, 4) is 5.75 Å². The van der Waals surface area contributed by atoms with Gasteiger partial charge in [-0.25, -0.2) is 4.79 Å². The van der Waals surface area contributed by atoms with Crippen LogP contribution in [0.15, 0.2) is 75.9 Å². The lowest BCUT2D eigenvalue weighted by molar-refractivity contribution is 0.306. The highest BCUT2D eigenvalue weighted by molar-refractivity contribution is 5.83. The standard InChI is InChI=1S/C21H16O3/c1-14-10-21(22)24-20-12-18(8-9-19(14)20)23-13-15-6-7-16-4-2-3-5-17(16)11-15/h2-12H,13H2,1H3. The first-order chi connectivity index (χ1) is 11.7. The molecule has 0 aliphatic rings. The second-order valence-electron chi connectivity index (χ2n) is 5.88. The number of benzene rings is 3. The molecule has 3 aromatic carbocycles. The molecule has 4 rings (SSSR count). The molecule has 0 amide bonds. The third-order valence-corrected chi connectivity index (χ3v) is 4.14. The Morgan fingerprint density at radius 3 is 2.62 bits per heavy atom. The Bertz CT molecular complexity index is 1090. The maximum atomic E-state index is 11.5. The maximum absolute atomic E-state index is 11.5. The van der Waals surface area contributed by atoms with E-state index in [2.05, 4.69) is 30.3 Å². The molecule has 1 heterocycles. The van der Waals surface area contributed by atoms with E-state index in [9.17, 15) is 4.79 Å². The number of rotatable bonds is 3. The largest absolute Gasteiger partial charge is 0.489 e. The van der Waals surface area contributed by atoms with E-state index in [0.717, 1.165) is 16.5 Å². The van der Waals surface area contributed by atoms with Crippen LogP contribution in [-0.4, -0.2) is 0 Å². The minimum Gasteiger partial charge on any atom is -0.489 e. The Morgan fingerprint density at radius 1 is 0.917 bits per heavy atom. The summed E-state index contributed by atoms with van der Waals surface area (Å²) in [5, 5.41) is 3.33. The first kappa shape index (κ1) is 14.5. The number of hydrogen-bond donors (Lipinski definition) is 0. The highest BCUT2D eigenvalue weighted by Crippen LogP contribution is 2.23. The molecule has 0 unspecified atom stereocenters. The Morgan fingerprint density at radius 2 is 1.75 bits per heavy atom. The Hall–Kier alpha value is -3.07. The lowest BCUT2D eigenvalue weighted by Gasteiger charge is -2.08. The van der Waals surface area contributed by atoms with E-state index in [-0.39, 0.29) is 5.63 Å². The van der Waals surface area contributed by atoms with Crippen LogP contribution in [0.1, 0.15) is 11.1 Å². The summed E-state index contributed by atoms with van der Waals surface area (Å²) in [4.78, 5) is 11.5. The molecule has 0 aliphatic carbocycles. The highest BCUT2D eigenvalue weighted by Gasteiger charge is 2.05. The van der Waals surface area contributed by atoms with Gasteiger partial charge in [-0.15, -0.1) is 0 Å². The average molecular weight is 316 g/mol. The summed E-state index contributed by atoms with van der Waals surface area (Å²) < 4.78 is 11.1. The van der Waals surface area contributed by atoms with Crippen LogP contribution in [0.5, 0.6) is 5.75 Å². The van der Waals surface area contributed by atoms with Gasteiger partial charge in [-0.2, -0.15) is 0 Å². The number of ether oxygens (including phenoxy) is 1. The Kier molecular flexibility index (Phi) is 3.54. The smallest absolute Gasteiger partial charge is 0.336 e. The zero-order chi connectivity index (χ0) is 16.5. The third kappa shape index (κ3) is 2.76. The normalized spacial score (nSPS) is 11.0. The lowest BCUT2D eigenvalue weighted by Crippen LogP contribution is -1.99. The van der Waals surface area contributed by atoms with Crippen LogP contribution in [0, 0.1) is 6.92 Å². The molecular weight excluding hydrogens is 300 g/mol. The predicted octanol–water partition coefficient (Wildman–Crippen LogP) is 4.83. The zero-order valence-electron chi connectivity index (χ0n) is 13.3. The summed E-state index contributed by atoms with van der Waals surface area (Å²) in [7, 11) is 0. The number of aryl methyl sites for hydroxylation is 1. The summed E-state index contributed by atoms with van der Waals surface area (Å²) >= 11 is 0. The van der Waals surface area contributed by atoms with Gasteiger partial charge >= 0.3 is 5.63 Å². The maximum Gasteiger partial charge on any atom is 0.336 e. The summed E-state index contributed by atoms with van der Waals surface area (Å²) in [6.45, 7) is 2.36. The molecule has 0 spiro atoms. The fraction of sp³-hybridized carbons (Fsp3) is 0.0952. The van der Waals surface area contributed by atoms with Crippen LogP contribution in [0.4, 0.5) is 0 Å². The van der Waals surface area contributed by atoms with E-state index in [1.807, 2.05) is 31.2 Å². The summed E-state index contributed by atoms with van der Waals surface area (Å²) in [6, 6.07) is 21.6. The van der Waals surface area contributed by atoms with Crippen molar-refractivity contribution in [3.05, 3.63) is 88.3 Å². The van der Waals surface area contributed by atoms with E-state index in [1.54, 1.807) is 6.07 Å². The molecular formula is C21H16O3. The molecule has 3 heteroatoms. The summed E-state index contributed by atoms with van der Waals surface area (Å²) in [6.07, 6.45) is 0. The van der Waals surface area contributed by atoms with Gasteiger partial charge in [-0.1, -0.05) is 36.4 Å².